The molecule has 2 N–H and O–H groups in total. The number of nitrogens with zero attached hydrogens (tertiary/aromatic N) is 8. The Morgan fingerprint density at radius 2 is 0.536 bits per heavy atom. The number of fused-ring (bicyclic) bond motifs is 4. The van der Waals surface area contributed by atoms with Crippen molar-refractivity contribution in [2.24, 2.45) is 0 Å². The van der Waals surface area contributed by atoms with Crippen LogP contribution in [0.15, 0.2) is 170 Å². The summed E-state index contributed by atoms with van der Waals surface area (Å²) in [5.74, 6) is -0.0879. The van der Waals surface area contributed by atoms with Crippen molar-refractivity contribution >= 4 is 21.5 Å². The summed E-state index contributed by atoms with van der Waals surface area (Å²) in [5.41, 5.74) is 6.49. The number of phenols is 2. The molecule has 0 aliphatic heterocycles. The molecular formula is C46H36N8O2. The van der Waals surface area contributed by atoms with E-state index in [2.05, 4.69) is 40.8 Å². The number of rotatable bonds is 4. The standard InChI is InChI=1S/C46H36N8O2/c1-31-23-37-27-47-51-41(33-15-7-3-8-16-33)43(35-19-11-5-12-20-35)53-49-29-39-25-32(2)26-40(46(39)56)30-50-54-44(36-21-13-6-14-22-36)42(34-17-9-4-10-18-34)52-48-28-38(24-31)45(37)55/h3-30,55-56H,1-2H3. The number of hydrogen-bond acceptors (Lipinski definition) is 10. The smallest absolute Gasteiger partial charge is 0.133 e. The average Bonchev–Trinajstić information content (AvgIpc) is 3.23. The molecule has 0 amide bonds. The summed E-state index contributed by atoms with van der Waals surface area (Å²) < 4.78 is 0. The van der Waals surface area contributed by atoms with E-state index in [-0.39, 0.29) is 11.5 Å². The van der Waals surface area contributed by atoms with Crippen LogP contribution in [0.4, 0.5) is 0 Å². The van der Waals surface area contributed by atoms with Gasteiger partial charge in [-0.3, -0.25) is 0 Å². The van der Waals surface area contributed by atoms with Gasteiger partial charge in [-0.15, -0.1) is 20.4 Å². The molecule has 10 nitrogen and oxygen atoms in total. The van der Waals surface area contributed by atoms with E-state index < -0.39 is 0 Å². The molecule has 6 aromatic carbocycles. The lowest BCUT2D eigenvalue weighted by atomic mass is 10.1. The molecular weight excluding hydrogens is 697 g/mol. The molecule has 0 aliphatic rings. The van der Waals surface area contributed by atoms with Crippen LogP contribution in [-0.2, 0) is 0 Å². The lowest BCUT2D eigenvalue weighted by Crippen LogP contribution is -1.93. The first-order valence-electron chi connectivity index (χ1n) is 17.8. The van der Waals surface area contributed by atoms with Crippen LogP contribution in [0.1, 0.15) is 11.1 Å². The van der Waals surface area contributed by atoms with E-state index in [1.807, 2.05) is 159 Å². The van der Waals surface area contributed by atoms with Crippen LogP contribution in [-0.4, -0.2) is 51.0 Å². The first-order chi connectivity index (χ1) is 27.4. The fourth-order valence-corrected chi connectivity index (χ4v) is 6.01. The second-order valence-corrected chi connectivity index (χ2v) is 12.8. The number of hydrogen-bond donors (Lipinski definition) is 2. The molecule has 10 heteroatoms. The lowest BCUT2D eigenvalue weighted by Gasteiger charge is -2.05. The van der Waals surface area contributed by atoms with Gasteiger partial charge >= 0.3 is 0 Å². The number of phenolic OH excluding ortho intramolecular Hbond substituents is 2. The van der Waals surface area contributed by atoms with E-state index in [9.17, 15) is 10.2 Å². The van der Waals surface area contributed by atoms with Gasteiger partial charge in [0.05, 0.1) is 24.8 Å². The normalized spacial score (nSPS) is 10.5. The predicted octanol–water partition coefficient (Wildman–Crippen LogP) is 9.78. The van der Waals surface area contributed by atoms with E-state index in [0.717, 1.165) is 33.4 Å². The van der Waals surface area contributed by atoms with E-state index in [1.54, 1.807) is 0 Å². The molecule has 0 fully saturated rings. The van der Waals surface area contributed by atoms with Crippen LogP contribution in [0.2, 0.25) is 0 Å². The van der Waals surface area contributed by atoms with E-state index in [1.165, 1.54) is 24.8 Å². The van der Waals surface area contributed by atoms with Gasteiger partial charge in [-0.25, -0.2) is 0 Å². The summed E-state index contributed by atoms with van der Waals surface area (Å²) in [6, 6.07) is 45.4. The van der Waals surface area contributed by atoms with E-state index in [4.69, 9.17) is 0 Å². The minimum Gasteiger partial charge on any atom is -0.507 e. The number of aromatic hydroxyl groups is 2. The number of aromatic nitrogens is 8. The molecule has 1 heterocycles. The molecule has 0 spiro atoms. The molecule has 0 aliphatic carbocycles. The summed E-state index contributed by atoms with van der Waals surface area (Å²) in [6.45, 7) is 3.83. The Balaban J connectivity index is 1.60. The van der Waals surface area contributed by atoms with Gasteiger partial charge in [0.2, 0.25) is 0 Å². The van der Waals surface area contributed by atoms with Crippen molar-refractivity contribution in [3.63, 3.8) is 0 Å². The lowest BCUT2D eigenvalue weighted by molar-refractivity contribution is 0.486. The van der Waals surface area contributed by atoms with Gasteiger partial charge in [0.1, 0.15) is 34.3 Å². The van der Waals surface area contributed by atoms with Crippen LogP contribution in [0.25, 0.3) is 66.6 Å². The Kier molecular flexibility index (Phi) is 11.4. The zero-order valence-electron chi connectivity index (χ0n) is 30.6. The second kappa shape index (κ2) is 17.4. The quantitative estimate of drug-likeness (QED) is 0.179. The minimum atomic E-state index is -0.0440. The molecule has 7 aromatic rings. The summed E-state index contributed by atoms with van der Waals surface area (Å²) in [6.07, 6.45) is 5.96. The minimum absolute atomic E-state index is 0.0440. The summed E-state index contributed by atoms with van der Waals surface area (Å²) >= 11 is 0. The van der Waals surface area contributed by atoms with E-state index in [0.29, 0.717) is 44.3 Å². The maximum atomic E-state index is 11.4. The van der Waals surface area contributed by atoms with Crippen molar-refractivity contribution in [1.82, 2.24) is 40.8 Å². The SMILES string of the molecule is Cc1cc2cnnc(-c3ccccc3)c(-c3ccccc3)nncc3cc(C)cc(cnnc(-c4ccccc4)c(-c4ccccc4)nncc(c1)c2O)c3O. The Morgan fingerprint density at radius 1 is 0.321 bits per heavy atom. The third-order valence-corrected chi connectivity index (χ3v) is 8.68. The highest BCUT2D eigenvalue weighted by molar-refractivity contribution is 5.82. The van der Waals surface area contributed by atoms with Crippen molar-refractivity contribution in [2.45, 2.75) is 13.8 Å². The van der Waals surface area contributed by atoms with Crippen molar-refractivity contribution in [3.8, 4) is 56.5 Å². The molecule has 0 saturated heterocycles. The van der Waals surface area contributed by atoms with E-state index >= 15 is 0 Å². The topological polar surface area (TPSA) is 144 Å². The highest BCUT2D eigenvalue weighted by Crippen LogP contribution is 2.30. The van der Waals surface area contributed by atoms with Gasteiger partial charge in [-0.1, -0.05) is 121 Å². The number of aryl methyl sites for hydroxylation is 2. The number of benzene rings is 6. The average molecular weight is 733 g/mol. The van der Waals surface area contributed by atoms with Gasteiger partial charge in [0.15, 0.2) is 0 Å². The molecule has 0 radical (unpaired) electrons. The zero-order chi connectivity index (χ0) is 38.7. The van der Waals surface area contributed by atoms with Gasteiger partial charge in [0.25, 0.3) is 0 Å². The Labute approximate surface area is 323 Å². The molecule has 56 heavy (non-hydrogen) atoms. The first-order valence-corrected chi connectivity index (χ1v) is 17.8. The van der Waals surface area contributed by atoms with Crippen LogP contribution >= 0.6 is 0 Å². The van der Waals surface area contributed by atoms with Crippen LogP contribution < -0.4 is 0 Å². The first kappa shape index (κ1) is 36.6. The maximum absolute atomic E-state index is 11.4. The van der Waals surface area contributed by atoms with Gasteiger partial charge in [-0.2, -0.15) is 20.4 Å². The van der Waals surface area contributed by atoms with Crippen LogP contribution in [0.3, 0.4) is 0 Å². The fourth-order valence-electron chi connectivity index (χ4n) is 6.01. The molecule has 1 aromatic heterocycles. The van der Waals surface area contributed by atoms with Gasteiger partial charge in [-0.05, 0) is 49.2 Å². The summed E-state index contributed by atoms with van der Waals surface area (Å²) in [5, 5.41) is 61.1. The van der Waals surface area contributed by atoms with Crippen molar-refractivity contribution in [1.29, 1.82) is 0 Å². The molecule has 0 unspecified atom stereocenters. The second-order valence-electron chi connectivity index (χ2n) is 12.8. The van der Waals surface area contributed by atoms with Gasteiger partial charge < -0.3 is 10.2 Å². The van der Waals surface area contributed by atoms with Crippen molar-refractivity contribution in [2.75, 3.05) is 0 Å². The Morgan fingerprint density at radius 3 is 0.750 bits per heavy atom. The molecule has 0 saturated carbocycles. The third kappa shape index (κ3) is 8.73. The highest BCUT2D eigenvalue weighted by atomic mass is 16.3. The van der Waals surface area contributed by atoms with Crippen LogP contribution in [0.5, 0.6) is 11.5 Å². The maximum Gasteiger partial charge on any atom is 0.133 e. The Bertz CT molecular complexity index is 2360. The largest absolute Gasteiger partial charge is 0.507 e. The molecule has 272 valence electrons. The van der Waals surface area contributed by atoms with Crippen molar-refractivity contribution in [3.05, 3.63) is 182 Å². The molecule has 4 bridgehead atoms. The molecule has 0 atom stereocenters. The fraction of sp³-hybridized carbons (Fsp3) is 0.0435. The molecule has 7 rings (SSSR count). The monoisotopic (exact) mass is 732 g/mol. The zero-order valence-corrected chi connectivity index (χ0v) is 30.6. The predicted molar refractivity (Wildman–Crippen MR) is 220 cm³/mol. The van der Waals surface area contributed by atoms with Crippen LogP contribution in [0, 0.1) is 13.8 Å². The highest BCUT2D eigenvalue weighted by Gasteiger charge is 2.11. The Hall–Kier alpha value is -7.72. The van der Waals surface area contributed by atoms with Crippen molar-refractivity contribution < 1.29 is 10.2 Å². The summed E-state index contributed by atoms with van der Waals surface area (Å²) in [4.78, 5) is 0. The summed E-state index contributed by atoms with van der Waals surface area (Å²) in [7, 11) is 0. The van der Waals surface area contributed by atoms with Gasteiger partial charge in [0, 0.05) is 43.8 Å². The third-order valence-electron chi connectivity index (χ3n) is 8.68.